The van der Waals surface area contributed by atoms with Gasteiger partial charge < -0.3 is 23.8 Å². The number of morpholine rings is 2. The number of para-hydroxylation sites is 1. The highest BCUT2D eigenvalue weighted by Crippen LogP contribution is 2.24. The van der Waals surface area contributed by atoms with Crippen molar-refractivity contribution in [3.63, 3.8) is 0 Å². The van der Waals surface area contributed by atoms with Crippen LogP contribution in [0.3, 0.4) is 0 Å². The summed E-state index contributed by atoms with van der Waals surface area (Å²) in [5.41, 5.74) is 2.47. The van der Waals surface area contributed by atoms with Gasteiger partial charge in [-0.2, -0.15) is 4.31 Å². The Kier molecular flexibility index (Phi) is 6.85. The maximum atomic E-state index is 13.2. The molecule has 0 atom stereocenters. The lowest BCUT2D eigenvalue weighted by atomic mass is 10.1. The number of nitrogens with zero attached hydrogens (tertiary/aromatic N) is 4. The molecule has 10 heteroatoms. The quantitative estimate of drug-likeness (QED) is 0.641. The normalized spacial score (nSPS) is 18.0. The van der Waals surface area contributed by atoms with Gasteiger partial charge >= 0.3 is 0 Å². The lowest BCUT2D eigenvalue weighted by molar-refractivity contribution is 0.0730. The minimum atomic E-state index is -3.66. The van der Waals surface area contributed by atoms with Crippen LogP contribution < -0.4 is 4.90 Å². The smallest absolute Gasteiger partial charge is 0.270 e. The first kappa shape index (κ1) is 22.8. The molecule has 9 nitrogen and oxygen atoms in total. The molecule has 1 aromatic heterocycles. The van der Waals surface area contributed by atoms with Gasteiger partial charge in [-0.3, -0.25) is 4.79 Å². The lowest BCUT2D eigenvalue weighted by Gasteiger charge is -2.31. The van der Waals surface area contributed by atoms with E-state index in [4.69, 9.17) is 9.47 Å². The van der Waals surface area contributed by atoms with Crippen LogP contribution in [0.5, 0.6) is 0 Å². The van der Waals surface area contributed by atoms with Crippen molar-refractivity contribution in [2.45, 2.75) is 11.4 Å². The van der Waals surface area contributed by atoms with Crippen LogP contribution in [-0.2, 0) is 33.1 Å². The zero-order valence-corrected chi connectivity index (χ0v) is 19.4. The van der Waals surface area contributed by atoms with Crippen molar-refractivity contribution in [3.05, 3.63) is 47.8 Å². The van der Waals surface area contributed by atoms with Gasteiger partial charge in [0, 0.05) is 58.7 Å². The van der Waals surface area contributed by atoms with Crippen LogP contribution in [0.1, 0.15) is 16.1 Å². The maximum absolute atomic E-state index is 13.2. The van der Waals surface area contributed by atoms with Crippen LogP contribution in [0.25, 0.3) is 0 Å². The van der Waals surface area contributed by atoms with Crippen molar-refractivity contribution < 1.29 is 22.7 Å². The van der Waals surface area contributed by atoms with E-state index in [1.54, 1.807) is 23.6 Å². The van der Waals surface area contributed by atoms with Gasteiger partial charge in [-0.25, -0.2) is 8.42 Å². The molecule has 2 aliphatic heterocycles. The molecule has 1 aromatic carbocycles. The molecule has 2 fully saturated rings. The van der Waals surface area contributed by atoms with Crippen molar-refractivity contribution >= 4 is 21.6 Å². The molecule has 4 rings (SSSR count). The first-order valence-corrected chi connectivity index (χ1v) is 12.2. The Morgan fingerprint density at radius 1 is 1.03 bits per heavy atom. The molecule has 174 valence electrons. The van der Waals surface area contributed by atoms with Gasteiger partial charge in [0.05, 0.1) is 26.4 Å². The molecule has 0 saturated carbocycles. The number of aryl methyl sites for hydroxylation is 1. The second kappa shape index (κ2) is 9.62. The van der Waals surface area contributed by atoms with E-state index in [1.165, 1.54) is 16.6 Å². The van der Waals surface area contributed by atoms with E-state index in [9.17, 15) is 13.2 Å². The number of aromatic nitrogens is 1. The molecule has 0 bridgehead atoms. The number of carbonyl (C=O) groups is 1. The highest BCUT2D eigenvalue weighted by molar-refractivity contribution is 7.89. The number of benzene rings is 1. The Hall–Kier alpha value is -2.40. The molecule has 3 heterocycles. The van der Waals surface area contributed by atoms with Crippen LogP contribution in [0.2, 0.25) is 0 Å². The summed E-state index contributed by atoms with van der Waals surface area (Å²) in [7, 11) is -0.227. The van der Waals surface area contributed by atoms with Gasteiger partial charge in [0.1, 0.15) is 10.6 Å². The van der Waals surface area contributed by atoms with E-state index in [0.717, 1.165) is 24.3 Å². The molecule has 0 unspecified atom stereocenters. The van der Waals surface area contributed by atoms with Crippen molar-refractivity contribution in [2.24, 2.45) is 7.05 Å². The molecule has 0 aliphatic carbocycles. The Morgan fingerprint density at radius 2 is 1.66 bits per heavy atom. The summed E-state index contributed by atoms with van der Waals surface area (Å²) >= 11 is 0. The summed E-state index contributed by atoms with van der Waals surface area (Å²) in [6.07, 6.45) is 1.51. The molecule has 2 saturated heterocycles. The number of hydrogen-bond donors (Lipinski definition) is 0. The average molecular weight is 463 g/mol. The van der Waals surface area contributed by atoms with E-state index in [-0.39, 0.29) is 10.8 Å². The van der Waals surface area contributed by atoms with Gasteiger partial charge in [0.25, 0.3) is 5.91 Å². The first-order valence-electron chi connectivity index (χ1n) is 10.8. The number of hydrogen-bond acceptors (Lipinski definition) is 6. The molecule has 0 spiro atoms. The van der Waals surface area contributed by atoms with E-state index < -0.39 is 10.0 Å². The third-order valence-electron chi connectivity index (χ3n) is 5.90. The molecule has 0 radical (unpaired) electrons. The summed E-state index contributed by atoms with van der Waals surface area (Å²) in [4.78, 5) is 17.2. The second-order valence-corrected chi connectivity index (χ2v) is 10.0. The van der Waals surface area contributed by atoms with Gasteiger partial charge in [0.15, 0.2) is 0 Å². The maximum Gasteiger partial charge on any atom is 0.270 e. The highest BCUT2D eigenvalue weighted by atomic mass is 32.2. The number of anilines is 1. The molecule has 1 amide bonds. The van der Waals surface area contributed by atoms with Crippen LogP contribution in [0.4, 0.5) is 5.69 Å². The fourth-order valence-electron chi connectivity index (χ4n) is 4.10. The summed E-state index contributed by atoms with van der Waals surface area (Å²) in [6.45, 7) is 4.82. The van der Waals surface area contributed by atoms with Crippen molar-refractivity contribution in [3.8, 4) is 0 Å². The van der Waals surface area contributed by atoms with Gasteiger partial charge in [-0.15, -0.1) is 0 Å². The predicted molar refractivity (Wildman–Crippen MR) is 120 cm³/mol. The Morgan fingerprint density at radius 3 is 2.34 bits per heavy atom. The first-order chi connectivity index (χ1) is 15.4. The number of amides is 1. The van der Waals surface area contributed by atoms with E-state index >= 15 is 0 Å². The van der Waals surface area contributed by atoms with Gasteiger partial charge in [0.2, 0.25) is 10.0 Å². The predicted octanol–water partition coefficient (Wildman–Crippen LogP) is 1.15. The van der Waals surface area contributed by atoms with Crippen molar-refractivity contribution in [1.82, 2.24) is 13.8 Å². The number of sulfonamides is 1. The Balaban J connectivity index is 1.52. The third kappa shape index (κ3) is 4.68. The van der Waals surface area contributed by atoms with Crippen molar-refractivity contribution in [1.29, 1.82) is 0 Å². The zero-order chi connectivity index (χ0) is 22.7. The van der Waals surface area contributed by atoms with E-state index in [2.05, 4.69) is 11.0 Å². The molecule has 2 aromatic rings. The van der Waals surface area contributed by atoms with Crippen LogP contribution in [-0.4, -0.2) is 87.8 Å². The topological polar surface area (TPSA) is 84.3 Å². The fraction of sp³-hybridized carbons (Fsp3) is 0.500. The zero-order valence-electron chi connectivity index (χ0n) is 18.6. The summed E-state index contributed by atoms with van der Waals surface area (Å²) in [6, 6.07) is 9.52. The number of rotatable bonds is 6. The minimum absolute atomic E-state index is 0.132. The summed E-state index contributed by atoms with van der Waals surface area (Å²) < 4.78 is 39.6. The lowest BCUT2D eigenvalue weighted by Crippen LogP contribution is -2.40. The number of ether oxygens (including phenoxy) is 2. The SMILES string of the molecule is CN(Cc1ccccc1N1CCOCC1)C(=O)c1cc(S(=O)(=O)N2CCOCC2)cn1C. The van der Waals surface area contributed by atoms with Crippen molar-refractivity contribution in [2.75, 3.05) is 64.6 Å². The standard InChI is InChI=1S/C22H30N4O5S/c1-23-17-19(32(28,29)26-9-13-31-14-10-26)15-21(23)22(27)24(2)16-18-5-3-4-6-20(18)25-7-11-30-12-8-25/h3-6,15,17H,7-14,16H2,1-2H3. The Labute approximate surface area is 189 Å². The molecule has 0 N–H and O–H groups in total. The number of carbonyl (C=O) groups excluding carboxylic acids is 1. The van der Waals surface area contributed by atoms with Crippen LogP contribution in [0.15, 0.2) is 41.4 Å². The van der Waals surface area contributed by atoms with E-state index in [0.29, 0.717) is 51.8 Å². The molecular weight excluding hydrogens is 432 g/mol. The molecular formula is C22H30N4O5S. The van der Waals surface area contributed by atoms with E-state index in [1.807, 2.05) is 18.2 Å². The summed E-state index contributed by atoms with van der Waals surface area (Å²) in [5, 5.41) is 0. The van der Waals surface area contributed by atoms with Crippen LogP contribution >= 0.6 is 0 Å². The minimum Gasteiger partial charge on any atom is -0.379 e. The molecule has 2 aliphatic rings. The van der Waals surface area contributed by atoms with Gasteiger partial charge in [-0.05, 0) is 17.7 Å². The Bertz CT molecular complexity index is 1060. The fourth-order valence-corrected chi connectivity index (χ4v) is 5.58. The third-order valence-corrected chi connectivity index (χ3v) is 7.77. The average Bonchev–Trinajstić information content (AvgIpc) is 3.22. The van der Waals surface area contributed by atoms with Crippen LogP contribution in [0, 0.1) is 0 Å². The summed E-state index contributed by atoms with van der Waals surface area (Å²) in [5.74, 6) is -0.229. The molecule has 32 heavy (non-hydrogen) atoms. The highest BCUT2D eigenvalue weighted by Gasteiger charge is 2.29. The van der Waals surface area contributed by atoms with Gasteiger partial charge in [-0.1, -0.05) is 18.2 Å². The largest absolute Gasteiger partial charge is 0.379 e. The second-order valence-electron chi connectivity index (χ2n) is 8.08. The monoisotopic (exact) mass is 462 g/mol.